The number of aryl methyl sites for hydroxylation is 4. The average molecular weight is 849 g/mol. The molecular weight excluding hydrogens is 789 g/mol. The average Bonchev–Trinajstić information content (AvgIpc) is 3.28. The molecule has 0 aliphatic heterocycles. The first-order valence-corrected chi connectivity index (χ1v) is 19.7. The van der Waals surface area contributed by atoms with Gasteiger partial charge in [0.05, 0.1) is 6.61 Å². The number of aliphatic hydroxyl groups is 4. The molecule has 308 valence electrons. The fourth-order valence-electron chi connectivity index (χ4n) is 4.98. The molecular formula is C41H57B12MnO7-2. The number of carbonyl (C=O) groups excluding carboxylic acids is 1. The van der Waals surface area contributed by atoms with Crippen LogP contribution in [0, 0.1) is 0 Å². The van der Waals surface area contributed by atoms with Crippen LogP contribution in [0.3, 0.4) is 0 Å². The number of aldehydes is 1. The van der Waals surface area contributed by atoms with Crippen LogP contribution in [0.15, 0.2) is 110 Å². The van der Waals surface area contributed by atoms with Gasteiger partial charge in [0.2, 0.25) is 0 Å². The molecule has 0 spiro atoms. The molecule has 5 rings (SSSR count). The first-order valence-electron chi connectivity index (χ1n) is 19.3. The summed E-state index contributed by atoms with van der Waals surface area (Å²) in [4.78, 5) is 10.5. The van der Waals surface area contributed by atoms with E-state index in [0.29, 0.717) is 6.42 Å². The second kappa shape index (κ2) is 46.3. The van der Waals surface area contributed by atoms with E-state index in [1.165, 1.54) is 35.1 Å². The fraction of sp³-hybridized carbons (Fsp3) is 0.293. The summed E-state index contributed by atoms with van der Waals surface area (Å²) in [5.74, 6) is 0. The Morgan fingerprint density at radius 2 is 1.10 bits per heavy atom. The summed E-state index contributed by atoms with van der Waals surface area (Å²) in [7, 11) is 30.4. The molecule has 0 unspecified atom stereocenters. The van der Waals surface area contributed by atoms with Crippen molar-refractivity contribution in [1.29, 1.82) is 1.34 Å². The number of fused-ring (bicyclic) bond motifs is 1. The molecule has 0 bridgehead atoms. The van der Waals surface area contributed by atoms with Gasteiger partial charge in [0.15, 0.2) is 0 Å². The van der Waals surface area contributed by atoms with Gasteiger partial charge >= 0.3 is 22.5 Å². The predicted octanol–water partition coefficient (Wildman–Crippen LogP) is 0.745. The molecule has 20 heteroatoms. The molecule has 7 nitrogen and oxygen atoms in total. The topological polar surface area (TPSA) is 132 Å². The minimum absolute atomic E-state index is 0.0833. The minimum atomic E-state index is -1.44. The van der Waals surface area contributed by atoms with Gasteiger partial charge in [-0.1, -0.05) is 137 Å². The normalized spacial score (nSPS) is 9.84. The number of carbonyl (C=O) groups is 1. The third-order valence-electron chi connectivity index (χ3n) is 7.60. The van der Waals surface area contributed by atoms with E-state index in [0.717, 1.165) is 67.7 Å². The van der Waals surface area contributed by atoms with Crippen LogP contribution in [0.1, 0.15) is 75.0 Å². The molecule has 0 heterocycles. The van der Waals surface area contributed by atoms with Crippen molar-refractivity contribution in [2.45, 2.75) is 58.0 Å². The van der Waals surface area contributed by atoms with Gasteiger partial charge in [-0.15, -0.1) is 12.8 Å². The maximum atomic E-state index is 10.5. The first kappa shape index (κ1) is 59.9. The van der Waals surface area contributed by atoms with Crippen molar-refractivity contribution in [3.05, 3.63) is 154 Å². The van der Waals surface area contributed by atoms with Gasteiger partial charge in [-0.3, -0.25) is 4.79 Å². The zero-order valence-electron chi connectivity index (χ0n) is 34.9. The Hall–Kier alpha value is -3.23. The van der Waals surface area contributed by atoms with Crippen molar-refractivity contribution in [3.63, 3.8) is 0 Å². The second-order valence-electron chi connectivity index (χ2n) is 11.6. The molecule has 0 saturated heterocycles. The Morgan fingerprint density at radius 3 is 1.51 bits per heavy atom. The number of rotatable bonds is 13. The Bertz CT molecular complexity index is 1690. The SMILES string of the molecule is C1=Cc2ccccc2CC1.C=Cc1ccccc1CCCO.O=Cc1ccccc1CCCO.OCCCc1ccccc1CO.[3H]B([B])[B][B].[B]B([B])[BH3-].[B]B([B])[BH3-].[O]=[Mn]=[O]. The number of benzene rings is 4. The third kappa shape index (κ3) is 38.2. The Balaban J connectivity index is -0.000000672. The van der Waals surface area contributed by atoms with Crippen LogP contribution in [0.25, 0.3) is 12.2 Å². The molecule has 4 aromatic carbocycles. The Labute approximate surface area is 386 Å². The zero-order valence-corrected chi connectivity index (χ0v) is 35.1. The van der Waals surface area contributed by atoms with Crippen molar-refractivity contribution in [2.24, 2.45) is 0 Å². The van der Waals surface area contributed by atoms with Crippen LogP contribution in [0.2, 0.25) is 0 Å². The molecule has 0 amide bonds. The van der Waals surface area contributed by atoms with Gasteiger partial charge < -0.3 is 20.4 Å². The van der Waals surface area contributed by atoms with Crippen molar-refractivity contribution in [2.75, 3.05) is 19.8 Å². The van der Waals surface area contributed by atoms with Crippen molar-refractivity contribution in [3.8, 4) is 0 Å². The molecule has 0 saturated carbocycles. The summed E-state index contributed by atoms with van der Waals surface area (Å²) in [5, 5.41) is 34.9. The number of hydrogen-bond acceptors (Lipinski definition) is 7. The Morgan fingerprint density at radius 1 is 0.721 bits per heavy atom. The number of aliphatic hydroxyl groups excluding tert-OH is 4. The molecule has 0 fully saturated rings. The number of hydrogen-bond donors (Lipinski definition) is 4. The summed E-state index contributed by atoms with van der Waals surface area (Å²) in [6, 6.07) is 31.9. The molecule has 61 heavy (non-hydrogen) atoms. The standard InChI is InChI=1S/C11H14O.C10H14O2.C10H12O2.C10H10.2B4H3.B4H.Mn.2O/c1-2-10-6-3-4-7-11(10)8-5-9-12;2*11-7-3-6-9-4-1-2-5-10(9)8-12;1-2-6-10-8-4-3-7-9(10)5-1;2*1-4(2)3;1-3-4-2;;;/h2-4,6-7,12H,1,5,8-9H2;1-2,4-5,11-12H,3,6-8H2;1-2,4-5,8,11H,3,6-7H2;1-3,5-7H,4,8H2;2*1H3;3H;;;/q;;;;2*-1;;;;/i;;;;;;3T;;;. The van der Waals surface area contributed by atoms with Gasteiger partial charge in [-0.05, 0) is 123 Å². The molecule has 0 atom stereocenters. The summed E-state index contributed by atoms with van der Waals surface area (Å²) < 4.78 is 23.2. The number of allylic oxidation sites excluding steroid dienone is 1. The van der Waals surface area contributed by atoms with Gasteiger partial charge in [0.1, 0.15) is 6.29 Å². The quantitative estimate of drug-likeness (QED) is 0.116. The summed E-state index contributed by atoms with van der Waals surface area (Å²) >= 11 is -1.44. The van der Waals surface area contributed by atoms with Crippen molar-refractivity contribution >= 4 is 107 Å². The Kier molecular flexibility index (Phi) is 45.4. The van der Waals surface area contributed by atoms with Crippen LogP contribution in [-0.2, 0) is 54.8 Å². The van der Waals surface area contributed by atoms with Crippen LogP contribution in [0.5, 0.6) is 0 Å². The summed E-state index contributed by atoms with van der Waals surface area (Å²) in [6.45, 7) is 4.46. The molecule has 4 N–H and O–H groups in total. The van der Waals surface area contributed by atoms with E-state index in [-0.39, 0.29) is 54.7 Å². The van der Waals surface area contributed by atoms with Crippen LogP contribution < -0.4 is 0 Å². The summed E-state index contributed by atoms with van der Waals surface area (Å²) in [5.41, 5.74) is 9.17. The van der Waals surface area contributed by atoms with Crippen LogP contribution >= 0.6 is 0 Å². The predicted molar refractivity (Wildman–Crippen MR) is 271 cm³/mol. The van der Waals surface area contributed by atoms with E-state index >= 15 is 0 Å². The third-order valence-corrected chi connectivity index (χ3v) is 7.60. The van der Waals surface area contributed by atoms with E-state index in [2.05, 4.69) is 49.1 Å². The van der Waals surface area contributed by atoms with Gasteiger partial charge in [0.25, 0.3) is 0 Å². The van der Waals surface area contributed by atoms with Gasteiger partial charge in [0, 0.05) is 54.9 Å². The van der Waals surface area contributed by atoms with Gasteiger partial charge in [-0.25, -0.2) is 0 Å². The molecule has 1 aliphatic rings. The van der Waals surface area contributed by atoms with Crippen molar-refractivity contribution in [1.82, 2.24) is 0 Å². The van der Waals surface area contributed by atoms with Gasteiger partial charge in [-0.2, -0.15) is 0 Å². The first-order chi connectivity index (χ1) is 29.8. The maximum absolute atomic E-state index is 10.5. The van der Waals surface area contributed by atoms with Crippen molar-refractivity contribution < 1.29 is 47.7 Å². The monoisotopic (exact) mass is 850 g/mol. The molecule has 0 aromatic heterocycles. The van der Waals surface area contributed by atoms with E-state index in [9.17, 15) is 4.79 Å². The summed E-state index contributed by atoms with van der Waals surface area (Å²) in [6.07, 6.45) is 14.6. The van der Waals surface area contributed by atoms with E-state index < -0.39 is 21.8 Å². The van der Waals surface area contributed by atoms with Crippen LogP contribution in [0.4, 0.5) is 0 Å². The van der Waals surface area contributed by atoms with E-state index in [1.54, 1.807) is 6.07 Å². The second-order valence-corrected chi connectivity index (χ2v) is 11.8. The van der Waals surface area contributed by atoms with Crippen LogP contribution in [-0.4, -0.2) is 137 Å². The molecule has 1 aliphatic carbocycles. The molecule has 13 radical (unpaired) electrons. The van der Waals surface area contributed by atoms with E-state index in [1.807, 2.05) is 66.7 Å². The fourth-order valence-corrected chi connectivity index (χ4v) is 4.98. The molecule has 4 aromatic rings. The van der Waals surface area contributed by atoms with E-state index in [4.69, 9.17) is 75.9 Å². The zero-order chi connectivity index (χ0) is 47.4.